The molecule has 1 aliphatic carbocycles. The molecule has 1 atom stereocenters. The molecule has 32 heavy (non-hydrogen) atoms. The number of benzene rings is 2. The van der Waals surface area contributed by atoms with E-state index in [-0.39, 0.29) is 24.3 Å². The molecule has 2 aliphatic rings. The lowest BCUT2D eigenvalue weighted by molar-refractivity contribution is 0.382. The number of rotatable bonds is 3. The van der Waals surface area contributed by atoms with Crippen molar-refractivity contribution in [1.29, 1.82) is 0 Å². The number of fused-ring (bicyclic) bond motifs is 3. The van der Waals surface area contributed by atoms with Crippen molar-refractivity contribution >= 4 is 34.6 Å². The third-order valence-corrected chi connectivity index (χ3v) is 5.60. The van der Waals surface area contributed by atoms with E-state index in [1.165, 1.54) is 12.2 Å². The van der Waals surface area contributed by atoms with Crippen LogP contribution in [0.3, 0.4) is 0 Å². The lowest BCUT2D eigenvalue weighted by Gasteiger charge is -2.19. The van der Waals surface area contributed by atoms with Crippen molar-refractivity contribution in [2.45, 2.75) is 19.1 Å². The summed E-state index contributed by atoms with van der Waals surface area (Å²) in [4.78, 5) is 13.6. The largest absolute Gasteiger partial charge is 0.399 e. The maximum atomic E-state index is 14.8. The Bertz CT molecular complexity index is 1300. The van der Waals surface area contributed by atoms with Gasteiger partial charge in [0, 0.05) is 51.3 Å². The van der Waals surface area contributed by atoms with Gasteiger partial charge in [0.25, 0.3) is 0 Å². The summed E-state index contributed by atoms with van der Waals surface area (Å²) >= 11 is 6.26. The number of halogens is 3. The Labute approximate surface area is 188 Å². The van der Waals surface area contributed by atoms with Crippen LogP contribution in [-0.4, -0.2) is 21.9 Å². The van der Waals surface area contributed by atoms with Crippen LogP contribution in [0.4, 0.5) is 26.1 Å². The summed E-state index contributed by atoms with van der Waals surface area (Å²) in [7, 11) is 0. The normalized spacial score (nSPS) is 17.3. The standard InChI is InChI=1S/C24H18ClF2N5/c25-14-4-9-17-18(10-14)23(21-19(26)2-1-3-20(21)27)29-11-13-12-30-24(32-22(13)17)31-16-7-5-15(28)6-8-16/h1-2,4-10,12,20H,3,11,28H2,(H,30,31,32). The van der Waals surface area contributed by atoms with Gasteiger partial charge in [-0.2, -0.15) is 0 Å². The Hall–Kier alpha value is -3.58. The molecular formula is C24H18ClF2N5. The molecule has 1 unspecified atom stereocenters. The molecule has 0 saturated carbocycles. The highest BCUT2D eigenvalue weighted by atomic mass is 35.5. The predicted molar refractivity (Wildman–Crippen MR) is 124 cm³/mol. The van der Waals surface area contributed by atoms with E-state index in [0.29, 0.717) is 33.5 Å². The van der Waals surface area contributed by atoms with Crippen molar-refractivity contribution in [3.8, 4) is 11.3 Å². The zero-order valence-electron chi connectivity index (χ0n) is 16.8. The van der Waals surface area contributed by atoms with E-state index in [4.69, 9.17) is 22.3 Å². The summed E-state index contributed by atoms with van der Waals surface area (Å²) in [6.45, 7) is 0.187. The molecule has 8 heteroatoms. The average molecular weight is 450 g/mol. The first-order chi connectivity index (χ1) is 15.5. The summed E-state index contributed by atoms with van der Waals surface area (Å²) in [5, 5.41) is 3.59. The SMILES string of the molecule is Nc1ccc(Nc2ncc3c(n2)-c2ccc(Cl)cc2C(C2=C(F)C=CCC2F)=NC3)cc1. The molecule has 5 rings (SSSR count). The molecule has 0 fully saturated rings. The van der Waals surface area contributed by atoms with E-state index in [9.17, 15) is 8.78 Å². The first-order valence-electron chi connectivity index (χ1n) is 10.0. The number of alkyl halides is 1. The van der Waals surface area contributed by atoms with E-state index in [1.807, 2.05) is 12.1 Å². The summed E-state index contributed by atoms with van der Waals surface area (Å²) in [6.07, 6.45) is 3.05. The number of nitrogens with zero attached hydrogens (tertiary/aromatic N) is 3. The zero-order chi connectivity index (χ0) is 22.2. The molecule has 1 aromatic heterocycles. The smallest absolute Gasteiger partial charge is 0.227 e. The van der Waals surface area contributed by atoms with Crippen molar-refractivity contribution in [2.75, 3.05) is 11.1 Å². The summed E-state index contributed by atoms with van der Waals surface area (Å²) < 4.78 is 29.4. The summed E-state index contributed by atoms with van der Waals surface area (Å²) in [5.74, 6) is -0.247. The van der Waals surface area contributed by atoms with Crippen LogP contribution in [0.1, 0.15) is 17.5 Å². The second-order valence-electron chi connectivity index (χ2n) is 7.54. The van der Waals surface area contributed by atoms with Gasteiger partial charge in [0.05, 0.1) is 18.0 Å². The van der Waals surface area contributed by atoms with E-state index in [0.717, 1.165) is 11.3 Å². The van der Waals surface area contributed by atoms with Gasteiger partial charge in [-0.15, -0.1) is 0 Å². The molecule has 0 saturated heterocycles. The number of hydrogen-bond acceptors (Lipinski definition) is 5. The van der Waals surface area contributed by atoms with E-state index >= 15 is 0 Å². The van der Waals surface area contributed by atoms with Gasteiger partial charge in [-0.3, -0.25) is 4.99 Å². The lowest BCUT2D eigenvalue weighted by atomic mass is 9.90. The Morgan fingerprint density at radius 2 is 1.91 bits per heavy atom. The highest BCUT2D eigenvalue weighted by Crippen LogP contribution is 2.36. The van der Waals surface area contributed by atoms with Crippen LogP contribution in [0, 0.1) is 0 Å². The van der Waals surface area contributed by atoms with Crippen LogP contribution in [0.25, 0.3) is 11.3 Å². The number of aromatic nitrogens is 2. The Morgan fingerprint density at radius 1 is 1.09 bits per heavy atom. The second kappa shape index (κ2) is 8.16. The fraction of sp³-hybridized carbons (Fsp3) is 0.125. The number of aliphatic imine (C=N–C) groups is 1. The lowest BCUT2D eigenvalue weighted by Crippen LogP contribution is -2.19. The van der Waals surface area contributed by atoms with Gasteiger partial charge < -0.3 is 11.1 Å². The van der Waals surface area contributed by atoms with Gasteiger partial charge in [0.1, 0.15) is 12.0 Å². The van der Waals surface area contributed by atoms with Crippen LogP contribution in [0.2, 0.25) is 5.02 Å². The Balaban J connectivity index is 1.62. The average Bonchev–Trinajstić information content (AvgIpc) is 2.92. The first-order valence-corrected chi connectivity index (χ1v) is 10.4. The van der Waals surface area contributed by atoms with Crippen molar-refractivity contribution in [2.24, 2.45) is 4.99 Å². The van der Waals surface area contributed by atoms with Gasteiger partial charge >= 0.3 is 0 Å². The molecule has 5 nitrogen and oxygen atoms in total. The monoisotopic (exact) mass is 449 g/mol. The Morgan fingerprint density at radius 3 is 2.69 bits per heavy atom. The molecule has 0 radical (unpaired) electrons. The quantitative estimate of drug-likeness (QED) is 0.484. The fourth-order valence-electron chi connectivity index (χ4n) is 3.82. The third kappa shape index (κ3) is 3.76. The number of anilines is 3. The maximum Gasteiger partial charge on any atom is 0.227 e. The van der Waals surface area contributed by atoms with Crippen LogP contribution in [0.5, 0.6) is 0 Å². The molecule has 3 aromatic rings. The third-order valence-electron chi connectivity index (χ3n) is 5.36. The van der Waals surface area contributed by atoms with Gasteiger partial charge in [0.2, 0.25) is 5.95 Å². The molecule has 2 aromatic carbocycles. The van der Waals surface area contributed by atoms with Crippen LogP contribution >= 0.6 is 11.6 Å². The molecular weight excluding hydrogens is 432 g/mol. The summed E-state index contributed by atoms with van der Waals surface area (Å²) in [6, 6.07) is 12.4. The number of nitrogens with two attached hydrogens (primary N) is 1. The molecule has 0 amide bonds. The highest BCUT2D eigenvalue weighted by Gasteiger charge is 2.29. The van der Waals surface area contributed by atoms with Crippen molar-refractivity contribution < 1.29 is 8.78 Å². The fourth-order valence-corrected chi connectivity index (χ4v) is 3.99. The predicted octanol–water partition coefficient (Wildman–Crippen LogP) is 5.95. The van der Waals surface area contributed by atoms with Crippen LogP contribution in [-0.2, 0) is 6.54 Å². The van der Waals surface area contributed by atoms with Gasteiger partial charge in [0.15, 0.2) is 0 Å². The zero-order valence-corrected chi connectivity index (χ0v) is 17.6. The maximum absolute atomic E-state index is 14.8. The molecule has 0 spiro atoms. The second-order valence-corrected chi connectivity index (χ2v) is 7.97. The minimum absolute atomic E-state index is 0.0583. The number of allylic oxidation sites excluding steroid dienone is 4. The summed E-state index contributed by atoms with van der Waals surface area (Å²) in [5.41, 5.74) is 9.97. The molecule has 3 N–H and O–H groups in total. The molecule has 1 aliphatic heterocycles. The van der Waals surface area contributed by atoms with E-state index in [2.05, 4.69) is 15.3 Å². The van der Waals surface area contributed by atoms with Gasteiger partial charge in [-0.25, -0.2) is 18.7 Å². The number of nitrogen functional groups attached to an aromatic ring is 1. The van der Waals surface area contributed by atoms with E-state index in [1.54, 1.807) is 36.5 Å². The number of nitrogens with one attached hydrogen (secondary N) is 1. The molecule has 0 bridgehead atoms. The first kappa shape index (κ1) is 20.3. The highest BCUT2D eigenvalue weighted by molar-refractivity contribution is 6.31. The number of hydrogen-bond donors (Lipinski definition) is 2. The van der Waals surface area contributed by atoms with Crippen molar-refractivity contribution in [1.82, 2.24) is 9.97 Å². The topological polar surface area (TPSA) is 76.2 Å². The Kier molecular flexibility index (Phi) is 5.19. The van der Waals surface area contributed by atoms with Crippen molar-refractivity contribution in [3.05, 3.63) is 88.4 Å². The molecule has 2 heterocycles. The van der Waals surface area contributed by atoms with Crippen molar-refractivity contribution in [3.63, 3.8) is 0 Å². The van der Waals surface area contributed by atoms with Crippen LogP contribution in [0.15, 0.2) is 77.2 Å². The minimum Gasteiger partial charge on any atom is -0.399 e. The van der Waals surface area contributed by atoms with Gasteiger partial charge in [-0.1, -0.05) is 23.7 Å². The minimum atomic E-state index is -1.49. The van der Waals surface area contributed by atoms with E-state index < -0.39 is 12.0 Å². The van der Waals surface area contributed by atoms with Gasteiger partial charge in [-0.05, 0) is 42.5 Å². The molecule has 160 valence electrons. The van der Waals surface area contributed by atoms with Crippen LogP contribution < -0.4 is 11.1 Å².